The fourth-order valence-electron chi connectivity index (χ4n) is 4.42. The lowest BCUT2D eigenvalue weighted by molar-refractivity contribution is 0.311. The van der Waals surface area contributed by atoms with Gasteiger partial charge >= 0.3 is 0 Å². The molecule has 2 fully saturated rings. The van der Waals surface area contributed by atoms with Crippen LogP contribution < -0.4 is 4.74 Å². The predicted molar refractivity (Wildman–Crippen MR) is 79.4 cm³/mol. The Labute approximate surface area is 125 Å². The largest absolute Gasteiger partial charge is 0.491 e. The van der Waals surface area contributed by atoms with E-state index in [1.165, 1.54) is 0 Å². The van der Waals surface area contributed by atoms with Crippen molar-refractivity contribution in [1.29, 1.82) is 0 Å². The molecule has 4 atom stereocenters. The third kappa shape index (κ3) is 2.37. The number of hydrogen-bond donors (Lipinski definition) is 0. The van der Waals surface area contributed by atoms with Gasteiger partial charge in [-0.05, 0) is 67.9 Å². The van der Waals surface area contributed by atoms with Gasteiger partial charge in [0.1, 0.15) is 0 Å². The van der Waals surface area contributed by atoms with Gasteiger partial charge in [0.15, 0.2) is 11.6 Å². The Hall–Kier alpha value is -1.38. The third-order valence-corrected chi connectivity index (χ3v) is 5.34. The molecule has 2 aliphatic rings. The molecule has 0 heterocycles. The quantitative estimate of drug-likeness (QED) is 0.704. The maximum absolute atomic E-state index is 14.4. The van der Waals surface area contributed by atoms with Crippen LogP contribution in [0.2, 0.25) is 0 Å². The van der Waals surface area contributed by atoms with Gasteiger partial charge in [-0.25, -0.2) is 4.39 Å². The summed E-state index contributed by atoms with van der Waals surface area (Å²) in [6, 6.07) is 3.29. The molecular formula is C18H22F2O. The van der Waals surface area contributed by atoms with Crippen LogP contribution in [0.4, 0.5) is 8.78 Å². The van der Waals surface area contributed by atoms with Gasteiger partial charge in [-0.3, -0.25) is 0 Å². The zero-order valence-corrected chi connectivity index (χ0v) is 12.4. The van der Waals surface area contributed by atoms with Crippen molar-refractivity contribution in [3.8, 4) is 5.75 Å². The van der Waals surface area contributed by atoms with E-state index in [2.05, 4.69) is 6.58 Å². The Morgan fingerprint density at radius 2 is 1.90 bits per heavy atom. The summed E-state index contributed by atoms with van der Waals surface area (Å²) < 4.78 is 33.6. The summed E-state index contributed by atoms with van der Waals surface area (Å²) in [5.74, 6) is 0.232. The highest BCUT2D eigenvalue weighted by atomic mass is 19.2. The van der Waals surface area contributed by atoms with Crippen LogP contribution in [0.1, 0.15) is 44.1 Å². The highest BCUT2D eigenvalue weighted by molar-refractivity contribution is 5.34. The second kappa shape index (κ2) is 5.78. The summed E-state index contributed by atoms with van der Waals surface area (Å²) in [5.41, 5.74) is 0.535. The van der Waals surface area contributed by atoms with Crippen LogP contribution in [0.3, 0.4) is 0 Å². The van der Waals surface area contributed by atoms with Crippen molar-refractivity contribution in [1.82, 2.24) is 0 Å². The van der Waals surface area contributed by atoms with Crippen molar-refractivity contribution in [3.05, 3.63) is 42.0 Å². The molecule has 1 aromatic carbocycles. The molecule has 0 aromatic heterocycles. The van der Waals surface area contributed by atoms with E-state index in [4.69, 9.17) is 4.74 Å². The Morgan fingerprint density at radius 3 is 2.62 bits per heavy atom. The number of rotatable bonds is 4. The number of halogens is 2. The Kier molecular flexibility index (Phi) is 4.01. The minimum Gasteiger partial charge on any atom is -0.491 e. The van der Waals surface area contributed by atoms with Crippen LogP contribution in [0.25, 0.3) is 0 Å². The molecule has 21 heavy (non-hydrogen) atoms. The average Bonchev–Trinajstić information content (AvgIpc) is 3.06. The van der Waals surface area contributed by atoms with Crippen LogP contribution in [-0.4, -0.2) is 6.61 Å². The second-order valence-electron chi connectivity index (χ2n) is 6.20. The van der Waals surface area contributed by atoms with E-state index >= 15 is 0 Å². The topological polar surface area (TPSA) is 9.23 Å². The lowest BCUT2D eigenvalue weighted by Crippen LogP contribution is -2.13. The monoisotopic (exact) mass is 292 g/mol. The van der Waals surface area contributed by atoms with Gasteiger partial charge in [0.05, 0.1) is 6.61 Å². The Balaban J connectivity index is 1.88. The van der Waals surface area contributed by atoms with Crippen molar-refractivity contribution in [2.24, 2.45) is 17.8 Å². The van der Waals surface area contributed by atoms with Crippen molar-refractivity contribution in [3.63, 3.8) is 0 Å². The predicted octanol–water partition coefficient (Wildman–Crippen LogP) is 5.07. The molecule has 114 valence electrons. The standard InChI is InChI=1S/C18H22F2O/c1-3-11-5-6-13-12(11)7-8-14(13)15-9-10-16(21-4-2)18(20)17(15)19/h3,9-14H,1,4-8H2,2H3. The van der Waals surface area contributed by atoms with Crippen molar-refractivity contribution < 1.29 is 13.5 Å². The molecule has 1 aromatic rings. The number of allylic oxidation sites excluding steroid dienone is 1. The Morgan fingerprint density at radius 1 is 1.14 bits per heavy atom. The number of fused-ring (bicyclic) bond motifs is 1. The van der Waals surface area contributed by atoms with E-state index in [0.717, 1.165) is 25.7 Å². The molecule has 4 unspecified atom stereocenters. The van der Waals surface area contributed by atoms with Gasteiger partial charge < -0.3 is 4.74 Å². The first-order valence-corrected chi connectivity index (χ1v) is 7.90. The van der Waals surface area contributed by atoms with Crippen LogP contribution in [0, 0.1) is 29.4 Å². The van der Waals surface area contributed by atoms with Crippen molar-refractivity contribution in [2.45, 2.75) is 38.5 Å². The van der Waals surface area contributed by atoms with E-state index < -0.39 is 11.6 Å². The minimum absolute atomic E-state index is 0.0173. The van der Waals surface area contributed by atoms with Gasteiger partial charge in [0.2, 0.25) is 5.82 Å². The van der Waals surface area contributed by atoms with Gasteiger partial charge in [-0.15, -0.1) is 6.58 Å². The minimum atomic E-state index is -0.837. The van der Waals surface area contributed by atoms with E-state index in [0.29, 0.717) is 29.9 Å². The summed E-state index contributed by atoms with van der Waals surface area (Å²) in [6.45, 7) is 6.02. The van der Waals surface area contributed by atoms with Gasteiger partial charge in [-0.2, -0.15) is 4.39 Å². The number of benzene rings is 1. The zero-order valence-electron chi connectivity index (χ0n) is 12.4. The van der Waals surface area contributed by atoms with Crippen LogP contribution in [0.5, 0.6) is 5.75 Å². The lowest BCUT2D eigenvalue weighted by Gasteiger charge is -2.21. The van der Waals surface area contributed by atoms with E-state index in [-0.39, 0.29) is 11.7 Å². The Bertz CT molecular complexity index is 540. The summed E-state index contributed by atoms with van der Waals surface area (Å²) in [7, 11) is 0. The van der Waals surface area contributed by atoms with E-state index in [1.54, 1.807) is 19.1 Å². The number of hydrogen-bond acceptors (Lipinski definition) is 1. The molecule has 1 nitrogen and oxygen atoms in total. The summed E-state index contributed by atoms with van der Waals surface area (Å²) >= 11 is 0. The molecule has 2 aliphatic carbocycles. The second-order valence-corrected chi connectivity index (χ2v) is 6.20. The van der Waals surface area contributed by atoms with Crippen LogP contribution in [0.15, 0.2) is 24.8 Å². The van der Waals surface area contributed by atoms with Gasteiger partial charge in [0, 0.05) is 0 Å². The molecule has 0 saturated heterocycles. The molecule has 0 aliphatic heterocycles. The highest BCUT2D eigenvalue weighted by Crippen LogP contribution is 2.55. The van der Waals surface area contributed by atoms with E-state index in [1.807, 2.05) is 6.08 Å². The van der Waals surface area contributed by atoms with Crippen LogP contribution >= 0.6 is 0 Å². The molecule has 0 radical (unpaired) electrons. The lowest BCUT2D eigenvalue weighted by atomic mass is 9.85. The van der Waals surface area contributed by atoms with Crippen LogP contribution in [-0.2, 0) is 0 Å². The highest BCUT2D eigenvalue weighted by Gasteiger charge is 2.45. The fourth-order valence-corrected chi connectivity index (χ4v) is 4.42. The molecule has 0 spiro atoms. The summed E-state index contributed by atoms with van der Waals surface area (Å²) in [6.07, 6.45) is 6.32. The molecular weight excluding hydrogens is 270 g/mol. The molecule has 3 heteroatoms. The first-order chi connectivity index (χ1) is 10.2. The molecule has 0 bridgehead atoms. The summed E-state index contributed by atoms with van der Waals surface area (Å²) in [4.78, 5) is 0. The number of ether oxygens (including phenoxy) is 1. The first kappa shape index (κ1) is 14.6. The van der Waals surface area contributed by atoms with Gasteiger partial charge in [0.25, 0.3) is 0 Å². The fraction of sp³-hybridized carbons (Fsp3) is 0.556. The SMILES string of the molecule is C=CC1CCC2C(c3ccc(OCC)c(F)c3F)CCC12. The maximum Gasteiger partial charge on any atom is 0.200 e. The summed E-state index contributed by atoms with van der Waals surface area (Å²) in [5, 5.41) is 0. The first-order valence-electron chi connectivity index (χ1n) is 7.90. The normalized spacial score (nSPS) is 31.2. The van der Waals surface area contributed by atoms with Crippen molar-refractivity contribution >= 4 is 0 Å². The molecule has 0 amide bonds. The zero-order chi connectivity index (χ0) is 15.0. The molecule has 0 N–H and O–H groups in total. The molecule has 2 saturated carbocycles. The van der Waals surface area contributed by atoms with Gasteiger partial charge in [-0.1, -0.05) is 12.1 Å². The van der Waals surface area contributed by atoms with E-state index in [9.17, 15) is 8.78 Å². The smallest absolute Gasteiger partial charge is 0.200 e. The maximum atomic E-state index is 14.4. The van der Waals surface area contributed by atoms with Crippen molar-refractivity contribution in [2.75, 3.05) is 6.61 Å². The average molecular weight is 292 g/mol. The molecule has 3 rings (SSSR count). The third-order valence-electron chi connectivity index (χ3n) is 5.34.